The van der Waals surface area contributed by atoms with Crippen LogP contribution in [0.4, 0.5) is 13.2 Å². The number of carbonyl (C=O) groups is 2. The monoisotopic (exact) mass is 624 g/mol. The molecule has 2 aliphatic carbocycles. The van der Waals surface area contributed by atoms with Crippen molar-refractivity contribution in [3.63, 3.8) is 0 Å². The van der Waals surface area contributed by atoms with Gasteiger partial charge in [0, 0.05) is 23.4 Å². The zero-order valence-corrected chi connectivity index (χ0v) is 24.5. The van der Waals surface area contributed by atoms with Crippen molar-refractivity contribution in [1.29, 1.82) is 0 Å². The second-order valence-electron chi connectivity index (χ2n) is 10.4. The van der Waals surface area contributed by atoms with E-state index in [9.17, 15) is 32.9 Å². The van der Waals surface area contributed by atoms with Crippen LogP contribution in [-0.4, -0.2) is 22.5 Å². The van der Waals surface area contributed by atoms with Crippen LogP contribution >= 0.6 is 11.3 Å². The smallest absolute Gasteiger partial charge is 0.416 e. The third kappa shape index (κ3) is 6.42. The highest BCUT2D eigenvalue weighted by molar-refractivity contribution is 7.10. The summed E-state index contributed by atoms with van der Waals surface area (Å²) in [6.45, 7) is 3.37. The van der Waals surface area contributed by atoms with Crippen LogP contribution < -0.4 is 10.7 Å². The summed E-state index contributed by atoms with van der Waals surface area (Å²) < 4.78 is 41.8. The van der Waals surface area contributed by atoms with Gasteiger partial charge in [-0.25, -0.2) is 10.2 Å². The number of hydrazone groups is 1. The SMILES string of the molecule is CC1=C(C(=O)OCc2ccc(C3=NNC(=O)CC3)cc2)C(c2cccs2)C([N+](=O)[O-])=C(C)N1.FC(F)(F)c1c2cccc1C2. The van der Waals surface area contributed by atoms with Gasteiger partial charge in [0.15, 0.2) is 0 Å². The van der Waals surface area contributed by atoms with Gasteiger partial charge in [-0.15, -0.1) is 11.3 Å². The highest BCUT2D eigenvalue weighted by atomic mass is 32.1. The number of carbonyl (C=O) groups excluding carboxylic acids is 2. The molecule has 228 valence electrons. The first-order valence-electron chi connectivity index (χ1n) is 13.6. The quantitative estimate of drug-likeness (QED) is 0.150. The Morgan fingerprint density at radius 1 is 1.07 bits per heavy atom. The number of benzene rings is 2. The summed E-state index contributed by atoms with van der Waals surface area (Å²) >= 11 is 1.36. The third-order valence-corrected chi connectivity index (χ3v) is 8.37. The molecule has 3 aromatic rings. The number of ether oxygens (including phenoxy) is 1. The van der Waals surface area contributed by atoms with Crippen molar-refractivity contribution in [2.24, 2.45) is 5.10 Å². The molecule has 13 heteroatoms. The number of esters is 1. The van der Waals surface area contributed by atoms with Gasteiger partial charge in [0.25, 0.3) is 5.70 Å². The minimum Gasteiger partial charge on any atom is -0.457 e. The Kier molecular flexibility index (Phi) is 8.68. The lowest BCUT2D eigenvalue weighted by molar-refractivity contribution is -0.430. The molecule has 2 bridgehead atoms. The molecule has 4 aliphatic rings. The van der Waals surface area contributed by atoms with E-state index in [-0.39, 0.29) is 23.8 Å². The molecule has 2 aromatic carbocycles. The second kappa shape index (κ2) is 12.4. The first kappa shape index (κ1) is 30.7. The van der Waals surface area contributed by atoms with Crippen molar-refractivity contribution in [2.75, 3.05) is 0 Å². The molecule has 1 atom stereocenters. The third-order valence-electron chi connectivity index (χ3n) is 7.43. The predicted octanol–water partition coefficient (Wildman–Crippen LogP) is 6.18. The molecule has 1 unspecified atom stereocenters. The van der Waals surface area contributed by atoms with Gasteiger partial charge in [-0.3, -0.25) is 14.9 Å². The topological polar surface area (TPSA) is 123 Å². The zero-order valence-electron chi connectivity index (χ0n) is 23.7. The standard InChI is InChI=1S/C23H22N4O5S.C8H5F3/c1-13-20(21(18-4-3-11-33-18)22(27(30)31)14(2)24-13)23(29)32-12-15-5-7-16(8-6-15)17-9-10-19(28)26-25-17;9-8(10,11)7-5-2-1-3-6(7)4-5/h3-8,11,21,24H,9-10,12H2,1-2H3,(H,26,28);1-3H,4H2. The maximum atomic E-state index is 13.1. The van der Waals surface area contributed by atoms with Crippen LogP contribution in [0.15, 0.2) is 87.7 Å². The summed E-state index contributed by atoms with van der Waals surface area (Å²) in [7, 11) is 0. The normalized spacial score (nSPS) is 17.4. The number of hydrogen-bond acceptors (Lipinski definition) is 8. The van der Waals surface area contributed by atoms with Crippen LogP contribution in [0.25, 0.3) is 0 Å². The minimum absolute atomic E-state index is 0.0206. The number of hydrogen-bond donors (Lipinski definition) is 2. The van der Waals surface area contributed by atoms with E-state index in [2.05, 4.69) is 15.8 Å². The fraction of sp³-hybridized carbons (Fsp3) is 0.258. The number of nitrogens with zero attached hydrogens (tertiary/aromatic N) is 2. The van der Waals surface area contributed by atoms with Gasteiger partial charge in [-0.1, -0.05) is 48.5 Å². The number of halogens is 3. The Bertz CT molecular complexity index is 1690. The van der Waals surface area contributed by atoms with Crippen molar-refractivity contribution in [3.8, 4) is 0 Å². The number of nitrogens with one attached hydrogen (secondary N) is 2. The van der Waals surface area contributed by atoms with Gasteiger partial charge in [0.2, 0.25) is 5.91 Å². The Hall–Kier alpha value is -4.78. The lowest BCUT2D eigenvalue weighted by Crippen LogP contribution is -2.31. The van der Waals surface area contributed by atoms with Crippen molar-refractivity contribution < 1.29 is 32.4 Å². The molecular weight excluding hydrogens is 597 g/mol. The van der Waals surface area contributed by atoms with Crippen molar-refractivity contribution in [2.45, 2.75) is 51.8 Å². The van der Waals surface area contributed by atoms with Crippen molar-refractivity contribution >= 4 is 28.9 Å². The summed E-state index contributed by atoms with van der Waals surface area (Å²) in [4.78, 5) is 36.4. The molecule has 0 fully saturated rings. The molecule has 44 heavy (non-hydrogen) atoms. The number of nitro groups is 1. The summed E-state index contributed by atoms with van der Waals surface area (Å²) in [6.07, 6.45) is -2.70. The van der Waals surface area contributed by atoms with Crippen molar-refractivity contribution in [1.82, 2.24) is 10.7 Å². The number of dihydropyridines is 1. The maximum absolute atomic E-state index is 13.1. The van der Waals surface area contributed by atoms with Crippen LogP contribution in [0, 0.1) is 10.1 Å². The van der Waals surface area contributed by atoms with Crippen LogP contribution in [0.1, 0.15) is 65.3 Å². The summed E-state index contributed by atoms with van der Waals surface area (Å²) in [5.74, 6) is -1.50. The first-order chi connectivity index (χ1) is 20.9. The fourth-order valence-corrected chi connectivity index (χ4v) is 6.18. The fourth-order valence-electron chi connectivity index (χ4n) is 5.34. The van der Waals surface area contributed by atoms with Gasteiger partial charge in [-0.2, -0.15) is 18.3 Å². The molecule has 7 rings (SSSR count). The Morgan fingerprint density at radius 2 is 1.77 bits per heavy atom. The maximum Gasteiger partial charge on any atom is 0.416 e. The molecular formula is C31H27F3N4O5S. The van der Waals surface area contributed by atoms with Crippen LogP contribution in [0.5, 0.6) is 0 Å². The van der Waals surface area contributed by atoms with E-state index in [0.717, 1.165) is 16.8 Å². The average Bonchev–Trinajstić information content (AvgIpc) is 3.51. The number of rotatable bonds is 6. The molecule has 9 nitrogen and oxygen atoms in total. The minimum atomic E-state index is -4.15. The van der Waals surface area contributed by atoms with Crippen LogP contribution in [-0.2, 0) is 33.5 Å². The van der Waals surface area contributed by atoms with Gasteiger partial charge < -0.3 is 10.1 Å². The summed E-state index contributed by atoms with van der Waals surface area (Å²) in [5, 5.41) is 20.7. The number of alkyl halides is 3. The first-order valence-corrected chi connectivity index (χ1v) is 14.5. The van der Waals surface area contributed by atoms with Crippen molar-refractivity contribution in [3.05, 3.63) is 125 Å². The van der Waals surface area contributed by atoms with E-state index in [1.807, 2.05) is 29.6 Å². The second-order valence-corrected chi connectivity index (χ2v) is 11.4. The van der Waals surface area contributed by atoms with Crippen LogP contribution in [0.2, 0.25) is 0 Å². The highest BCUT2D eigenvalue weighted by Gasteiger charge is 2.42. The highest BCUT2D eigenvalue weighted by Crippen LogP contribution is 2.42. The average molecular weight is 625 g/mol. The van der Waals surface area contributed by atoms with Gasteiger partial charge in [0.1, 0.15) is 12.5 Å². The molecule has 2 N–H and O–H groups in total. The molecule has 0 radical (unpaired) electrons. The predicted molar refractivity (Wildman–Crippen MR) is 157 cm³/mol. The lowest BCUT2D eigenvalue weighted by atomic mass is 9.84. The van der Waals surface area contributed by atoms with Crippen LogP contribution in [0.3, 0.4) is 0 Å². The molecule has 1 aromatic heterocycles. The molecule has 0 spiro atoms. The van der Waals surface area contributed by atoms with E-state index in [1.165, 1.54) is 23.5 Å². The Labute approximate surface area is 254 Å². The molecule has 2 aliphatic heterocycles. The molecule has 1 amide bonds. The van der Waals surface area contributed by atoms with E-state index in [1.54, 1.807) is 32.0 Å². The van der Waals surface area contributed by atoms with E-state index >= 15 is 0 Å². The number of fused-ring (bicyclic) bond motifs is 2. The lowest BCUT2D eigenvalue weighted by Gasteiger charge is -2.25. The Morgan fingerprint density at radius 3 is 2.30 bits per heavy atom. The van der Waals surface area contributed by atoms with Gasteiger partial charge in [0.05, 0.1) is 27.5 Å². The van der Waals surface area contributed by atoms with Gasteiger partial charge >= 0.3 is 12.1 Å². The largest absolute Gasteiger partial charge is 0.457 e. The number of thiophene rings is 1. The van der Waals surface area contributed by atoms with E-state index < -0.39 is 28.6 Å². The molecule has 3 heterocycles. The molecule has 0 saturated carbocycles. The number of allylic oxidation sites excluding steroid dienone is 3. The van der Waals surface area contributed by atoms with E-state index in [4.69, 9.17) is 4.74 Å². The number of amides is 1. The summed E-state index contributed by atoms with van der Waals surface area (Å²) in [5.41, 5.74) is 6.47. The zero-order chi connectivity index (χ0) is 31.6. The van der Waals surface area contributed by atoms with E-state index in [0.29, 0.717) is 46.7 Å². The molecule has 0 saturated heterocycles. The summed E-state index contributed by atoms with van der Waals surface area (Å²) in [6, 6.07) is 15.7. The van der Waals surface area contributed by atoms with Gasteiger partial charge in [-0.05, 0) is 54.0 Å². The Balaban J connectivity index is 0.000000291.